The maximum absolute atomic E-state index is 12.4. The Kier molecular flexibility index (Phi) is 4.98. The van der Waals surface area contributed by atoms with Crippen LogP contribution in [0, 0.1) is 5.92 Å². The van der Waals surface area contributed by atoms with Gasteiger partial charge in [0.2, 0.25) is 5.91 Å². The number of anilines is 2. The molecule has 4 nitrogen and oxygen atoms in total. The predicted octanol–water partition coefficient (Wildman–Crippen LogP) is 2.96. The monoisotopic (exact) mass is 301 g/mol. The van der Waals surface area contributed by atoms with E-state index in [0.717, 1.165) is 37.8 Å². The lowest BCUT2D eigenvalue weighted by atomic mass is 9.99. The zero-order chi connectivity index (χ0) is 15.4. The van der Waals surface area contributed by atoms with Crippen LogP contribution >= 0.6 is 0 Å². The summed E-state index contributed by atoms with van der Waals surface area (Å²) in [5.74, 6) is 0.913. The summed E-state index contributed by atoms with van der Waals surface area (Å²) in [5, 5.41) is 3.12. The maximum Gasteiger partial charge on any atom is 0.238 e. The number of benzene rings is 1. The maximum atomic E-state index is 12.4. The first kappa shape index (κ1) is 15.3. The molecule has 0 atom stereocenters. The average Bonchev–Trinajstić information content (AvgIpc) is 3.04. The Balaban J connectivity index is 1.59. The fraction of sp³-hybridized carbons (Fsp3) is 0.611. The molecular weight excluding hydrogens is 274 g/mol. The molecule has 2 aliphatic rings. The van der Waals surface area contributed by atoms with Crippen molar-refractivity contribution in [2.24, 2.45) is 5.92 Å². The van der Waals surface area contributed by atoms with Crippen LogP contribution in [0.1, 0.15) is 32.6 Å². The van der Waals surface area contributed by atoms with Crippen LogP contribution in [0.4, 0.5) is 11.4 Å². The molecule has 0 unspecified atom stereocenters. The summed E-state index contributed by atoms with van der Waals surface area (Å²) in [6.07, 6.45) is 4.90. The molecule has 1 aromatic carbocycles. The third-order valence-corrected chi connectivity index (χ3v) is 4.87. The SMILES string of the molecule is CC1CCN(CC(=O)Nc2ccccc2N2CCCC2)CC1. The standard InChI is InChI=1S/C18H27N3O/c1-15-8-12-20(13-9-15)14-18(22)19-16-6-2-3-7-17(16)21-10-4-5-11-21/h2-3,6-7,15H,4-5,8-14H2,1H3,(H,19,22). The highest BCUT2D eigenvalue weighted by molar-refractivity contribution is 5.95. The summed E-state index contributed by atoms with van der Waals surface area (Å²) in [7, 11) is 0. The van der Waals surface area contributed by atoms with E-state index in [2.05, 4.69) is 34.2 Å². The van der Waals surface area contributed by atoms with E-state index in [1.54, 1.807) is 0 Å². The van der Waals surface area contributed by atoms with Crippen LogP contribution in [-0.4, -0.2) is 43.5 Å². The Labute approximate surface area is 133 Å². The van der Waals surface area contributed by atoms with E-state index in [4.69, 9.17) is 0 Å². The zero-order valence-corrected chi connectivity index (χ0v) is 13.6. The second kappa shape index (κ2) is 7.14. The molecule has 0 bridgehead atoms. The van der Waals surface area contributed by atoms with Gasteiger partial charge in [-0.05, 0) is 56.8 Å². The van der Waals surface area contributed by atoms with E-state index in [1.807, 2.05) is 12.1 Å². The number of para-hydroxylation sites is 2. The largest absolute Gasteiger partial charge is 0.370 e. The van der Waals surface area contributed by atoms with E-state index in [9.17, 15) is 4.79 Å². The van der Waals surface area contributed by atoms with Crippen LogP contribution in [0.15, 0.2) is 24.3 Å². The van der Waals surface area contributed by atoms with Crippen molar-refractivity contribution in [1.82, 2.24) is 4.90 Å². The quantitative estimate of drug-likeness (QED) is 0.929. The molecule has 0 spiro atoms. The number of piperidine rings is 1. The van der Waals surface area contributed by atoms with E-state index in [-0.39, 0.29) is 5.91 Å². The van der Waals surface area contributed by atoms with Crippen LogP contribution in [0.25, 0.3) is 0 Å². The van der Waals surface area contributed by atoms with Crippen LogP contribution in [0.2, 0.25) is 0 Å². The van der Waals surface area contributed by atoms with Crippen molar-refractivity contribution < 1.29 is 4.79 Å². The predicted molar refractivity (Wildman–Crippen MR) is 91.4 cm³/mol. The number of carbonyl (C=O) groups excluding carboxylic acids is 1. The lowest BCUT2D eigenvalue weighted by molar-refractivity contribution is -0.117. The molecule has 1 N–H and O–H groups in total. The van der Waals surface area contributed by atoms with Crippen LogP contribution in [0.3, 0.4) is 0 Å². The molecule has 0 saturated carbocycles. The first-order chi connectivity index (χ1) is 10.7. The lowest BCUT2D eigenvalue weighted by Crippen LogP contribution is -2.38. The van der Waals surface area contributed by atoms with Gasteiger partial charge in [0.25, 0.3) is 0 Å². The van der Waals surface area contributed by atoms with Crippen molar-refractivity contribution in [3.05, 3.63) is 24.3 Å². The number of nitrogens with one attached hydrogen (secondary N) is 1. The van der Waals surface area contributed by atoms with E-state index >= 15 is 0 Å². The number of likely N-dealkylation sites (tertiary alicyclic amines) is 1. The second-order valence-corrected chi connectivity index (χ2v) is 6.72. The van der Waals surface area contributed by atoms with Gasteiger partial charge in [0.05, 0.1) is 17.9 Å². The first-order valence-electron chi connectivity index (χ1n) is 8.58. The van der Waals surface area contributed by atoms with Gasteiger partial charge in [0, 0.05) is 13.1 Å². The molecule has 0 radical (unpaired) electrons. The van der Waals surface area contributed by atoms with Gasteiger partial charge in [-0.3, -0.25) is 9.69 Å². The van der Waals surface area contributed by atoms with Crippen LogP contribution in [0.5, 0.6) is 0 Å². The van der Waals surface area contributed by atoms with Crippen molar-refractivity contribution in [2.75, 3.05) is 42.9 Å². The van der Waals surface area contributed by atoms with Crippen LogP contribution in [-0.2, 0) is 4.79 Å². The third-order valence-electron chi connectivity index (χ3n) is 4.87. The third kappa shape index (κ3) is 3.80. The van der Waals surface area contributed by atoms with Gasteiger partial charge in [0.1, 0.15) is 0 Å². The van der Waals surface area contributed by atoms with Gasteiger partial charge in [-0.15, -0.1) is 0 Å². The highest BCUT2D eigenvalue weighted by Crippen LogP contribution is 2.28. The van der Waals surface area contributed by atoms with Crippen LogP contribution < -0.4 is 10.2 Å². The second-order valence-electron chi connectivity index (χ2n) is 6.72. The topological polar surface area (TPSA) is 35.6 Å². The van der Waals surface area contributed by atoms with E-state index < -0.39 is 0 Å². The van der Waals surface area contributed by atoms with Crippen molar-refractivity contribution in [1.29, 1.82) is 0 Å². The Bertz CT molecular complexity index is 503. The van der Waals surface area contributed by atoms with Gasteiger partial charge in [-0.1, -0.05) is 19.1 Å². The molecule has 0 aromatic heterocycles. The minimum absolute atomic E-state index is 0.112. The zero-order valence-electron chi connectivity index (χ0n) is 13.6. The molecule has 1 aromatic rings. The number of rotatable bonds is 4. The molecule has 2 fully saturated rings. The number of hydrogen-bond donors (Lipinski definition) is 1. The summed E-state index contributed by atoms with van der Waals surface area (Å²) in [5.41, 5.74) is 2.13. The summed E-state index contributed by atoms with van der Waals surface area (Å²) >= 11 is 0. The minimum Gasteiger partial charge on any atom is -0.370 e. The van der Waals surface area contributed by atoms with Crippen molar-refractivity contribution in [3.63, 3.8) is 0 Å². The first-order valence-corrected chi connectivity index (χ1v) is 8.58. The molecule has 2 heterocycles. The Morgan fingerprint density at radius 3 is 2.55 bits per heavy atom. The molecule has 120 valence electrons. The smallest absolute Gasteiger partial charge is 0.238 e. The van der Waals surface area contributed by atoms with Crippen molar-refractivity contribution in [3.8, 4) is 0 Å². The van der Waals surface area contributed by atoms with Gasteiger partial charge in [-0.25, -0.2) is 0 Å². The molecule has 3 rings (SSSR count). The fourth-order valence-corrected chi connectivity index (χ4v) is 3.43. The number of carbonyl (C=O) groups is 1. The summed E-state index contributed by atoms with van der Waals surface area (Å²) in [6, 6.07) is 8.18. The highest BCUT2D eigenvalue weighted by Gasteiger charge is 2.20. The average molecular weight is 301 g/mol. The number of nitrogens with zero attached hydrogens (tertiary/aromatic N) is 2. The van der Waals surface area contributed by atoms with Gasteiger partial charge < -0.3 is 10.2 Å². The molecular formula is C18H27N3O. The molecule has 22 heavy (non-hydrogen) atoms. The number of amides is 1. The van der Waals surface area contributed by atoms with Crippen molar-refractivity contribution >= 4 is 17.3 Å². The lowest BCUT2D eigenvalue weighted by Gasteiger charge is -2.29. The molecule has 2 saturated heterocycles. The Morgan fingerprint density at radius 2 is 1.82 bits per heavy atom. The van der Waals surface area contributed by atoms with E-state index in [0.29, 0.717) is 6.54 Å². The highest BCUT2D eigenvalue weighted by atomic mass is 16.2. The van der Waals surface area contributed by atoms with Gasteiger partial charge in [0.15, 0.2) is 0 Å². The van der Waals surface area contributed by atoms with Gasteiger partial charge in [-0.2, -0.15) is 0 Å². The Hall–Kier alpha value is -1.55. The minimum atomic E-state index is 0.112. The molecule has 0 aliphatic carbocycles. The molecule has 4 heteroatoms. The summed E-state index contributed by atoms with van der Waals surface area (Å²) in [6.45, 7) is 7.09. The van der Waals surface area contributed by atoms with E-state index in [1.165, 1.54) is 31.4 Å². The fourth-order valence-electron chi connectivity index (χ4n) is 3.43. The number of hydrogen-bond acceptors (Lipinski definition) is 3. The van der Waals surface area contributed by atoms with Gasteiger partial charge >= 0.3 is 0 Å². The normalized spacial score (nSPS) is 20.3. The Morgan fingerprint density at radius 1 is 1.14 bits per heavy atom. The summed E-state index contributed by atoms with van der Waals surface area (Å²) < 4.78 is 0. The molecule has 2 aliphatic heterocycles. The summed E-state index contributed by atoms with van der Waals surface area (Å²) in [4.78, 5) is 17.0. The van der Waals surface area contributed by atoms with Crippen molar-refractivity contribution in [2.45, 2.75) is 32.6 Å². The molecule has 1 amide bonds.